The number of nitrogens with zero attached hydrogens (tertiary/aromatic N) is 3. The van der Waals surface area contributed by atoms with Crippen LogP contribution in [-0.4, -0.2) is 26.9 Å². The number of ether oxygens (including phenoxy) is 1. The Bertz CT molecular complexity index is 775. The van der Waals surface area contributed by atoms with Gasteiger partial charge in [-0.1, -0.05) is 23.4 Å². The smallest absolute Gasteiger partial charge is 0.339 e. The topological polar surface area (TPSA) is 86.1 Å². The lowest BCUT2D eigenvalue weighted by Gasteiger charge is -2.11. The number of hydrogen-bond acceptors (Lipinski definition) is 5. The van der Waals surface area contributed by atoms with Crippen molar-refractivity contribution in [1.29, 1.82) is 0 Å². The third-order valence-electron chi connectivity index (χ3n) is 3.51. The minimum atomic E-state index is -2.76. The molecule has 0 aliphatic carbocycles. The monoisotopic (exact) mass is 322 g/mol. The van der Waals surface area contributed by atoms with Crippen molar-refractivity contribution < 1.29 is 23.1 Å². The van der Waals surface area contributed by atoms with Crippen LogP contribution < -0.4 is 5.32 Å². The second kappa shape index (κ2) is 5.75. The fourth-order valence-corrected chi connectivity index (χ4v) is 2.40. The number of alkyl halides is 2. The van der Waals surface area contributed by atoms with Gasteiger partial charge in [-0.25, -0.2) is 18.3 Å². The molecule has 0 spiro atoms. The van der Waals surface area contributed by atoms with Crippen LogP contribution in [0, 0.1) is 0 Å². The van der Waals surface area contributed by atoms with Gasteiger partial charge >= 0.3 is 5.97 Å². The molecule has 1 atom stereocenters. The average Bonchev–Trinajstić information content (AvgIpc) is 3.06. The Morgan fingerprint density at radius 1 is 1.43 bits per heavy atom. The number of carbonyl (C=O) groups excluding carboxylic acids is 2. The van der Waals surface area contributed by atoms with Crippen LogP contribution in [0.1, 0.15) is 39.8 Å². The molecule has 1 aromatic carbocycles. The highest BCUT2D eigenvalue weighted by atomic mass is 19.3. The molecule has 120 valence electrons. The molecule has 9 heteroatoms. The standard InChI is InChI=1S/C14H12F2N4O3/c1-20-10(12(15)16)9(18-19-20)6-17-13(21)11-7-4-2-3-5-8(7)14(22)23-11/h2-5,11-12H,6H2,1H3,(H,17,21). The first-order chi connectivity index (χ1) is 11.0. The molecule has 3 rings (SSSR count). The van der Waals surface area contributed by atoms with Gasteiger partial charge < -0.3 is 10.1 Å². The summed E-state index contributed by atoms with van der Waals surface area (Å²) in [6.45, 7) is -0.234. The Kier molecular flexibility index (Phi) is 3.77. The Morgan fingerprint density at radius 3 is 2.91 bits per heavy atom. The Morgan fingerprint density at radius 2 is 2.17 bits per heavy atom. The van der Waals surface area contributed by atoms with Crippen LogP contribution >= 0.6 is 0 Å². The van der Waals surface area contributed by atoms with Gasteiger partial charge in [0.15, 0.2) is 0 Å². The third-order valence-corrected chi connectivity index (χ3v) is 3.51. The van der Waals surface area contributed by atoms with Crippen molar-refractivity contribution in [2.45, 2.75) is 19.1 Å². The summed E-state index contributed by atoms with van der Waals surface area (Å²) in [5, 5.41) is 9.56. The first kappa shape index (κ1) is 15.1. The molecule has 1 aromatic heterocycles. The minimum Gasteiger partial charge on any atom is -0.444 e. The predicted octanol–water partition coefficient (Wildman–Crippen LogP) is 1.28. The van der Waals surface area contributed by atoms with Crippen molar-refractivity contribution in [3.63, 3.8) is 0 Å². The highest BCUT2D eigenvalue weighted by Crippen LogP contribution is 2.30. The van der Waals surface area contributed by atoms with Crippen molar-refractivity contribution >= 4 is 11.9 Å². The Labute approximate surface area is 129 Å². The molecular weight excluding hydrogens is 310 g/mol. The summed E-state index contributed by atoms with van der Waals surface area (Å²) < 4.78 is 31.8. The van der Waals surface area contributed by atoms with Crippen molar-refractivity contribution in [2.75, 3.05) is 0 Å². The summed E-state index contributed by atoms with van der Waals surface area (Å²) in [5.74, 6) is -1.19. The number of nitrogens with one attached hydrogen (secondary N) is 1. The summed E-state index contributed by atoms with van der Waals surface area (Å²) in [7, 11) is 1.34. The molecular formula is C14H12F2N4O3. The van der Waals surface area contributed by atoms with Crippen molar-refractivity contribution in [1.82, 2.24) is 20.3 Å². The van der Waals surface area contributed by atoms with Crippen molar-refractivity contribution in [3.8, 4) is 0 Å². The lowest BCUT2D eigenvalue weighted by molar-refractivity contribution is -0.129. The highest BCUT2D eigenvalue weighted by Gasteiger charge is 2.35. The summed E-state index contributed by atoms with van der Waals surface area (Å²) in [6, 6.07) is 6.51. The lowest BCUT2D eigenvalue weighted by Crippen LogP contribution is -2.29. The molecule has 0 fully saturated rings. The SMILES string of the molecule is Cn1nnc(CNC(=O)C2OC(=O)c3ccccc32)c1C(F)F. The summed E-state index contributed by atoms with van der Waals surface area (Å²) in [6.07, 6.45) is -3.85. The first-order valence-electron chi connectivity index (χ1n) is 6.73. The van der Waals surface area contributed by atoms with Crippen LogP contribution in [0.15, 0.2) is 24.3 Å². The first-order valence-corrected chi connectivity index (χ1v) is 6.73. The zero-order valence-corrected chi connectivity index (χ0v) is 12.0. The van der Waals surface area contributed by atoms with Gasteiger partial charge in [-0.3, -0.25) is 4.79 Å². The number of fused-ring (bicyclic) bond motifs is 1. The maximum Gasteiger partial charge on any atom is 0.339 e. The van der Waals surface area contributed by atoms with Gasteiger partial charge in [-0.2, -0.15) is 0 Å². The fraction of sp³-hybridized carbons (Fsp3) is 0.286. The van der Waals surface area contributed by atoms with E-state index in [1.807, 2.05) is 0 Å². The number of halogens is 2. The van der Waals surface area contributed by atoms with E-state index in [1.54, 1.807) is 24.3 Å². The number of aromatic nitrogens is 3. The van der Waals surface area contributed by atoms with E-state index >= 15 is 0 Å². The van der Waals surface area contributed by atoms with Crippen LogP contribution in [-0.2, 0) is 23.1 Å². The van der Waals surface area contributed by atoms with Gasteiger partial charge in [0.2, 0.25) is 6.10 Å². The minimum absolute atomic E-state index is 0.0338. The number of esters is 1. The maximum atomic E-state index is 12.9. The molecule has 0 saturated carbocycles. The van der Waals surface area contributed by atoms with E-state index in [-0.39, 0.29) is 17.9 Å². The lowest BCUT2D eigenvalue weighted by atomic mass is 10.0. The molecule has 1 N–H and O–H groups in total. The van der Waals surface area contributed by atoms with E-state index in [2.05, 4.69) is 15.6 Å². The molecule has 1 unspecified atom stereocenters. The van der Waals surface area contributed by atoms with Crippen LogP contribution in [0.4, 0.5) is 8.78 Å². The number of amides is 1. The quantitative estimate of drug-likeness (QED) is 0.857. The van der Waals surface area contributed by atoms with Crippen LogP contribution in [0.5, 0.6) is 0 Å². The molecule has 0 bridgehead atoms. The molecule has 1 aliphatic rings. The molecule has 1 amide bonds. The molecule has 2 heterocycles. The van der Waals surface area contributed by atoms with Crippen LogP contribution in [0.2, 0.25) is 0 Å². The number of benzene rings is 1. The second-order valence-corrected chi connectivity index (χ2v) is 4.94. The maximum absolute atomic E-state index is 12.9. The van der Waals surface area contributed by atoms with E-state index in [1.165, 1.54) is 7.05 Å². The number of hydrogen-bond donors (Lipinski definition) is 1. The van der Waals surface area contributed by atoms with E-state index in [9.17, 15) is 18.4 Å². The molecule has 2 aromatic rings. The van der Waals surface area contributed by atoms with Gasteiger partial charge in [0.05, 0.1) is 12.1 Å². The zero-order valence-electron chi connectivity index (χ0n) is 12.0. The number of carbonyl (C=O) groups is 2. The van der Waals surface area contributed by atoms with E-state index < -0.39 is 24.4 Å². The Balaban J connectivity index is 1.73. The van der Waals surface area contributed by atoms with Gasteiger partial charge in [-0.05, 0) is 6.07 Å². The van der Waals surface area contributed by atoms with Crippen molar-refractivity contribution in [2.24, 2.45) is 7.05 Å². The normalized spacial score (nSPS) is 16.3. The third kappa shape index (κ3) is 2.65. The molecule has 1 aliphatic heterocycles. The predicted molar refractivity (Wildman–Crippen MR) is 72.4 cm³/mol. The van der Waals surface area contributed by atoms with Gasteiger partial charge in [0.1, 0.15) is 11.4 Å². The summed E-state index contributed by atoms with van der Waals surface area (Å²) in [5.41, 5.74) is 0.367. The van der Waals surface area contributed by atoms with Gasteiger partial charge in [-0.15, -0.1) is 5.10 Å². The van der Waals surface area contributed by atoms with E-state index in [0.717, 1.165) is 4.68 Å². The molecule has 0 saturated heterocycles. The van der Waals surface area contributed by atoms with Gasteiger partial charge in [0.25, 0.3) is 12.3 Å². The molecule has 7 nitrogen and oxygen atoms in total. The van der Waals surface area contributed by atoms with Crippen LogP contribution in [0.25, 0.3) is 0 Å². The number of rotatable bonds is 4. The summed E-state index contributed by atoms with van der Waals surface area (Å²) >= 11 is 0. The summed E-state index contributed by atoms with van der Waals surface area (Å²) in [4.78, 5) is 23.9. The largest absolute Gasteiger partial charge is 0.444 e. The molecule has 0 radical (unpaired) electrons. The zero-order chi connectivity index (χ0) is 16.6. The highest BCUT2D eigenvalue weighted by molar-refractivity contribution is 5.99. The fourth-order valence-electron chi connectivity index (χ4n) is 2.40. The second-order valence-electron chi connectivity index (χ2n) is 4.94. The number of cyclic esters (lactones) is 1. The van der Waals surface area contributed by atoms with Gasteiger partial charge in [0, 0.05) is 12.6 Å². The van der Waals surface area contributed by atoms with E-state index in [0.29, 0.717) is 11.1 Å². The van der Waals surface area contributed by atoms with E-state index in [4.69, 9.17) is 4.74 Å². The average molecular weight is 322 g/mol. The van der Waals surface area contributed by atoms with Crippen molar-refractivity contribution in [3.05, 3.63) is 46.8 Å². The molecule has 23 heavy (non-hydrogen) atoms. The number of aryl methyl sites for hydroxylation is 1. The Hall–Kier alpha value is -2.84. The van der Waals surface area contributed by atoms with Crippen LogP contribution in [0.3, 0.4) is 0 Å².